The van der Waals surface area contributed by atoms with Gasteiger partial charge in [-0.05, 0) is 86.8 Å². The van der Waals surface area contributed by atoms with Crippen LogP contribution in [0.5, 0.6) is 5.75 Å². The molecule has 0 saturated heterocycles. The van der Waals surface area contributed by atoms with E-state index in [1.54, 1.807) is 0 Å². The van der Waals surface area contributed by atoms with Gasteiger partial charge >= 0.3 is 11.9 Å². The monoisotopic (exact) mass is 518 g/mol. The van der Waals surface area contributed by atoms with Gasteiger partial charge in [0.1, 0.15) is 18.0 Å². The second kappa shape index (κ2) is 14.7. The van der Waals surface area contributed by atoms with Crippen molar-refractivity contribution in [3.8, 4) is 5.75 Å². The Labute approximate surface area is 221 Å². The summed E-state index contributed by atoms with van der Waals surface area (Å²) in [5.74, 6) is -0.143. The molecule has 3 rings (SSSR count). The van der Waals surface area contributed by atoms with Crippen molar-refractivity contribution in [1.29, 1.82) is 0 Å². The van der Waals surface area contributed by atoms with Crippen molar-refractivity contribution < 1.29 is 34.4 Å². The van der Waals surface area contributed by atoms with Crippen LogP contribution < -0.4 is 4.74 Å². The number of esters is 1. The third kappa shape index (κ3) is 8.71. The summed E-state index contributed by atoms with van der Waals surface area (Å²) in [6.07, 6.45) is 11.2. The molecule has 0 spiro atoms. The normalized spacial score (nSPS) is 24.1. The molecule has 208 valence electrons. The van der Waals surface area contributed by atoms with Crippen LogP contribution in [0.4, 0.5) is 0 Å². The van der Waals surface area contributed by atoms with Crippen molar-refractivity contribution in [3.63, 3.8) is 0 Å². The molecule has 3 N–H and O–H groups in total. The summed E-state index contributed by atoms with van der Waals surface area (Å²) in [5.41, 5.74) is 2.24. The van der Waals surface area contributed by atoms with Gasteiger partial charge in [-0.3, -0.25) is 0 Å². The highest BCUT2D eigenvalue weighted by molar-refractivity contribution is 5.74. The number of benzene rings is 1. The van der Waals surface area contributed by atoms with Crippen LogP contribution in [-0.4, -0.2) is 52.2 Å². The standard InChI is InChI=1S/C30H46O7/c1-3-4-5-6-7-8-9-12-23(37-30(35)20(2)31)14-15-24-25-16-21-11-10-13-28(36-19-29(33)34)26(21)17-22(25)18-27(24)32/h10-11,13,20,22-25,27,31-32H,3-9,12,14-19H2,1-2H3,(H,33,34)/t20-,22-,23-,24+,25-,27+/m0/s1. The number of carbonyl (C=O) groups excluding carboxylic acids is 1. The first-order valence-corrected chi connectivity index (χ1v) is 14.3. The van der Waals surface area contributed by atoms with Gasteiger partial charge in [0.05, 0.1) is 6.10 Å². The number of hydrogen-bond acceptors (Lipinski definition) is 6. The Morgan fingerprint density at radius 2 is 1.78 bits per heavy atom. The van der Waals surface area contributed by atoms with E-state index < -0.39 is 24.1 Å². The SMILES string of the molecule is CCCCCCCCC[C@@H](CC[C@@H]1[C@H]2Cc3cccc(OCC(=O)O)c3C[C@H]2C[C@H]1O)OC(=O)[C@H](C)O. The third-order valence-electron chi connectivity index (χ3n) is 8.27. The fraction of sp³-hybridized carbons (Fsp3) is 0.733. The minimum atomic E-state index is -1.13. The van der Waals surface area contributed by atoms with Gasteiger partial charge < -0.3 is 24.8 Å². The van der Waals surface area contributed by atoms with Crippen LogP contribution in [0.25, 0.3) is 0 Å². The van der Waals surface area contributed by atoms with Gasteiger partial charge in [-0.2, -0.15) is 0 Å². The van der Waals surface area contributed by atoms with Crippen LogP contribution in [0.15, 0.2) is 18.2 Å². The number of fused-ring (bicyclic) bond motifs is 2. The second-order valence-electron chi connectivity index (χ2n) is 11.1. The van der Waals surface area contributed by atoms with Crippen molar-refractivity contribution in [2.45, 2.75) is 116 Å². The number of hydrogen-bond donors (Lipinski definition) is 3. The predicted molar refractivity (Wildman–Crippen MR) is 141 cm³/mol. The predicted octanol–water partition coefficient (Wildman–Crippen LogP) is 5.08. The van der Waals surface area contributed by atoms with Gasteiger partial charge in [0.2, 0.25) is 0 Å². The molecule has 1 saturated carbocycles. The molecule has 1 fully saturated rings. The quantitative estimate of drug-likeness (QED) is 0.207. The van der Waals surface area contributed by atoms with Crippen LogP contribution in [0.1, 0.15) is 95.6 Å². The number of carboxylic acid groups (broad SMARTS) is 1. The van der Waals surface area contributed by atoms with Gasteiger partial charge in [0, 0.05) is 0 Å². The second-order valence-corrected chi connectivity index (χ2v) is 11.1. The molecule has 1 aromatic carbocycles. The topological polar surface area (TPSA) is 113 Å². The largest absolute Gasteiger partial charge is 0.482 e. The van der Waals surface area contributed by atoms with Gasteiger partial charge in [0.15, 0.2) is 6.61 Å². The summed E-state index contributed by atoms with van der Waals surface area (Å²) < 4.78 is 11.2. The lowest BCUT2D eigenvalue weighted by Crippen LogP contribution is -2.30. The molecule has 2 aliphatic carbocycles. The Morgan fingerprint density at radius 1 is 1.05 bits per heavy atom. The van der Waals surface area contributed by atoms with E-state index in [2.05, 4.69) is 13.0 Å². The smallest absolute Gasteiger partial charge is 0.341 e. The minimum absolute atomic E-state index is 0.128. The van der Waals surface area contributed by atoms with Gasteiger partial charge in [-0.25, -0.2) is 9.59 Å². The van der Waals surface area contributed by atoms with E-state index in [0.29, 0.717) is 24.0 Å². The van der Waals surface area contributed by atoms with Crippen LogP contribution in [0.3, 0.4) is 0 Å². The van der Waals surface area contributed by atoms with Crippen LogP contribution >= 0.6 is 0 Å². The molecular weight excluding hydrogens is 472 g/mol. The maximum absolute atomic E-state index is 12.1. The van der Waals surface area contributed by atoms with Crippen molar-refractivity contribution in [2.75, 3.05) is 6.61 Å². The van der Waals surface area contributed by atoms with Crippen LogP contribution in [-0.2, 0) is 27.2 Å². The minimum Gasteiger partial charge on any atom is -0.482 e. The molecule has 7 nitrogen and oxygen atoms in total. The number of unbranched alkanes of at least 4 members (excludes halogenated alkanes) is 6. The fourth-order valence-corrected chi connectivity index (χ4v) is 6.31. The first kappa shape index (κ1) is 29.4. The van der Waals surface area contributed by atoms with Crippen molar-refractivity contribution in [2.24, 2.45) is 17.8 Å². The van der Waals surface area contributed by atoms with Gasteiger partial charge in [-0.1, -0.05) is 57.6 Å². The van der Waals surface area contributed by atoms with E-state index in [-0.39, 0.29) is 18.6 Å². The maximum Gasteiger partial charge on any atom is 0.341 e. The number of ether oxygens (including phenoxy) is 2. The van der Waals surface area contributed by atoms with Crippen molar-refractivity contribution >= 4 is 11.9 Å². The summed E-state index contributed by atoms with van der Waals surface area (Å²) in [5, 5.41) is 29.6. The Bertz CT molecular complexity index is 867. The molecular formula is C30H46O7. The van der Waals surface area contributed by atoms with Gasteiger partial charge in [-0.15, -0.1) is 0 Å². The van der Waals surface area contributed by atoms with E-state index >= 15 is 0 Å². The first-order chi connectivity index (χ1) is 17.8. The average Bonchev–Trinajstić information content (AvgIpc) is 3.17. The first-order valence-electron chi connectivity index (χ1n) is 14.3. The zero-order chi connectivity index (χ0) is 26.8. The molecule has 0 unspecified atom stereocenters. The molecule has 0 aromatic heterocycles. The van der Waals surface area contributed by atoms with E-state index in [1.807, 2.05) is 12.1 Å². The lowest BCUT2D eigenvalue weighted by atomic mass is 9.73. The van der Waals surface area contributed by atoms with Crippen LogP contribution in [0.2, 0.25) is 0 Å². The molecule has 0 radical (unpaired) electrons. The van der Waals surface area contributed by atoms with Crippen molar-refractivity contribution in [1.82, 2.24) is 0 Å². The number of aliphatic carboxylic acids is 1. The zero-order valence-corrected chi connectivity index (χ0v) is 22.6. The number of aliphatic hydroxyl groups excluding tert-OH is 2. The Kier molecular flexibility index (Phi) is 11.7. The van der Waals surface area contributed by atoms with E-state index in [0.717, 1.165) is 50.5 Å². The highest BCUT2D eigenvalue weighted by Gasteiger charge is 2.45. The highest BCUT2D eigenvalue weighted by Crippen LogP contribution is 2.48. The molecule has 0 amide bonds. The summed E-state index contributed by atoms with van der Waals surface area (Å²) in [4.78, 5) is 23.1. The van der Waals surface area contributed by atoms with E-state index in [1.165, 1.54) is 44.6 Å². The summed E-state index contributed by atoms with van der Waals surface area (Å²) in [7, 11) is 0. The third-order valence-corrected chi connectivity index (χ3v) is 8.27. The number of carboxylic acids is 1. The number of rotatable bonds is 16. The van der Waals surface area contributed by atoms with E-state index in [4.69, 9.17) is 14.6 Å². The Balaban J connectivity index is 1.58. The lowest BCUT2D eigenvalue weighted by molar-refractivity contribution is -0.159. The number of aliphatic hydroxyl groups is 2. The molecule has 0 heterocycles. The van der Waals surface area contributed by atoms with Crippen LogP contribution in [0, 0.1) is 17.8 Å². The maximum atomic E-state index is 12.1. The van der Waals surface area contributed by atoms with Gasteiger partial charge in [0.25, 0.3) is 0 Å². The molecule has 2 aliphatic rings. The summed E-state index contributed by atoms with van der Waals surface area (Å²) in [6, 6.07) is 5.81. The Hall–Kier alpha value is -2.12. The summed E-state index contributed by atoms with van der Waals surface area (Å²) in [6.45, 7) is 3.29. The Morgan fingerprint density at radius 3 is 2.49 bits per heavy atom. The zero-order valence-electron chi connectivity index (χ0n) is 22.6. The summed E-state index contributed by atoms with van der Waals surface area (Å²) >= 11 is 0. The molecule has 6 atom stereocenters. The molecule has 7 heteroatoms. The molecule has 1 aromatic rings. The van der Waals surface area contributed by atoms with Crippen molar-refractivity contribution in [3.05, 3.63) is 29.3 Å². The molecule has 37 heavy (non-hydrogen) atoms. The van der Waals surface area contributed by atoms with E-state index in [9.17, 15) is 19.8 Å². The lowest BCUT2D eigenvalue weighted by Gasteiger charge is -2.32. The fourth-order valence-electron chi connectivity index (χ4n) is 6.31. The number of carbonyl (C=O) groups is 2. The molecule has 0 aliphatic heterocycles. The molecule has 0 bridgehead atoms. The average molecular weight is 519 g/mol. The highest BCUT2D eigenvalue weighted by atomic mass is 16.6.